The molecule has 0 spiro atoms. The van der Waals surface area contributed by atoms with Crippen molar-refractivity contribution < 1.29 is 9.53 Å². The molecule has 1 amide bonds. The van der Waals surface area contributed by atoms with Crippen LogP contribution in [0.1, 0.15) is 41.8 Å². The molecule has 1 N–H and O–H groups in total. The van der Waals surface area contributed by atoms with Gasteiger partial charge in [0, 0.05) is 18.7 Å². The highest BCUT2D eigenvalue weighted by molar-refractivity contribution is 6.02. The summed E-state index contributed by atoms with van der Waals surface area (Å²) in [6.07, 6.45) is 1.63. The van der Waals surface area contributed by atoms with E-state index in [4.69, 9.17) is 4.74 Å². The van der Waals surface area contributed by atoms with Crippen molar-refractivity contribution in [1.82, 2.24) is 4.90 Å². The molecule has 30 heavy (non-hydrogen) atoms. The number of rotatable bonds is 7. The molecule has 0 saturated heterocycles. The lowest BCUT2D eigenvalue weighted by molar-refractivity contribution is 0.0503. The molecule has 0 saturated carbocycles. The molecule has 1 heterocycles. The molecule has 1 unspecified atom stereocenters. The van der Waals surface area contributed by atoms with Gasteiger partial charge in [0.25, 0.3) is 5.91 Å². The molecule has 4 rings (SSSR count). The highest BCUT2D eigenvalue weighted by Crippen LogP contribution is 2.40. The Morgan fingerprint density at radius 1 is 0.900 bits per heavy atom. The molecule has 0 radical (unpaired) electrons. The van der Waals surface area contributed by atoms with E-state index < -0.39 is 5.66 Å². The summed E-state index contributed by atoms with van der Waals surface area (Å²) in [6.45, 7) is 5.40. The molecule has 3 aromatic carbocycles. The standard InChI is InChI=1S/C26H28N2O2/c1-3-26(27-24-13-9-8-12-23(24)25(29)28(26)4-2)21-14-16-22(17-15-21)30-19-18-20-10-6-5-7-11-20/h5-17,27H,3-4,18-19H2,1-2H3. The van der Waals surface area contributed by atoms with Gasteiger partial charge in [0.15, 0.2) is 0 Å². The van der Waals surface area contributed by atoms with Crippen LogP contribution in [0.5, 0.6) is 5.75 Å². The largest absolute Gasteiger partial charge is 0.493 e. The zero-order valence-electron chi connectivity index (χ0n) is 17.6. The van der Waals surface area contributed by atoms with Gasteiger partial charge in [0.05, 0.1) is 12.2 Å². The summed E-state index contributed by atoms with van der Waals surface area (Å²) in [5.41, 5.74) is 3.37. The Morgan fingerprint density at radius 2 is 1.60 bits per heavy atom. The van der Waals surface area contributed by atoms with E-state index in [0.29, 0.717) is 13.2 Å². The maximum absolute atomic E-state index is 13.2. The minimum absolute atomic E-state index is 0.0666. The normalized spacial score (nSPS) is 17.9. The fourth-order valence-corrected chi connectivity index (χ4v) is 4.27. The van der Waals surface area contributed by atoms with Gasteiger partial charge in [-0.25, -0.2) is 0 Å². The third-order valence-electron chi connectivity index (χ3n) is 5.87. The number of nitrogens with one attached hydrogen (secondary N) is 1. The molecule has 0 aromatic heterocycles. The molecular weight excluding hydrogens is 372 g/mol. The number of carbonyl (C=O) groups is 1. The van der Waals surface area contributed by atoms with Crippen molar-refractivity contribution in [1.29, 1.82) is 0 Å². The maximum Gasteiger partial charge on any atom is 0.258 e. The number of hydrogen-bond acceptors (Lipinski definition) is 3. The van der Waals surface area contributed by atoms with Crippen LogP contribution >= 0.6 is 0 Å². The van der Waals surface area contributed by atoms with Crippen LogP contribution in [0.15, 0.2) is 78.9 Å². The van der Waals surface area contributed by atoms with Gasteiger partial charge in [-0.1, -0.05) is 61.5 Å². The first-order valence-corrected chi connectivity index (χ1v) is 10.6. The van der Waals surface area contributed by atoms with E-state index >= 15 is 0 Å². The number of nitrogens with zero attached hydrogens (tertiary/aromatic N) is 1. The number of benzene rings is 3. The molecule has 4 heteroatoms. The minimum Gasteiger partial charge on any atom is -0.493 e. The summed E-state index contributed by atoms with van der Waals surface area (Å²) in [6, 6.07) is 26.2. The van der Waals surface area contributed by atoms with Crippen LogP contribution < -0.4 is 10.1 Å². The lowest BCUT2D eigenvalue weighted by Crippen LogP contribution is -2.57. The second kappa shape index (κ2) is 8.62. The van der Waals surface area contributed by atoms with Crippen LogP contribution in [0.3, 0.4) is 0 Å². The number of para-hydroxylation sites is 1. The lowest BCUT2D eigenvalue weighted by atomic mass is 9.89. The fourth-order valence-electron chi connectivity index (χ4n) is 4.27. The van der Waals surface area contributed by atoms with Crippen LogP contribution in [0.2, 0.25) is 0 Å². The zero-order valence-corrected chi connectivity index (χ0v) is 17.6. The molecule has 1 aliphatic rings. The first-order chi connectivity index (χ1) is 14.7. The van der Waals surface area contributed by atoms with Crippen molar-refractivity contribution in [2.45, 2.75) is 32.4 Å². The second-order valence-electron chi connectivity index (χ2n) is 7.54. The lowest BCUT2D eigenvalue weighted by Gasteiger charge is -2.48. The smallest absolute Gasteiger partial charge is 0.258 e. The van der Waals surface area contributed by atoms with Crippen molar-refractivity contribution in [3.8, 4) is 5.75 Å². The van der Waals surface area contributed by atoms with E-state index in [2.05, 4.69) is 36.5 Å². The quantitative estimate of drug-likeness (QED) is 0.573. The van der Waals surface area contributed by atoms with E-state index in [1.54, 1.807) is 0 Å². The topological polar surface area (TPSA) is 41.6 Å². The number of carbonyl (C=O) groups excluding carboxylic acids is 1. The molecular formula is C26H28N2O2. The van der Waals surface area contributed by atoms with E-state index in [0.717, 1.165) is 35.4 Å². The minimum atomic E-state index is -0.567. The number of ether oxygens (including phenoxy) is 1. The molecule has 0 aliphatic carbocycles. The van der Waals surface area contributed by atoms with Crippen molar-refractivity contribution in [2.24, 2.45) is 0 Å². The Kier molecular flexibility index (Phi) is 5.75. The highest BCUT2D eigenvalue weighted by atomic mass is 16.5. The zero-order chi connectivity index (χ0) is 21.0. The Balaban J connectivity index is 1.54. The van der Waals surface area contributed by atoms with Crippen molar-refractivity contribution >= 4 is 11.6 Å². The molecule has 1 atom stereocenters. The fraction of sp³-hybridized carbons (Fsp3) is 0.269. The molecule has 3 aromatic rings. The van der Waals surface area contributed by atoms with Crippen molar-refractivity contribution in [2.75, 3.05) is 18.5 Å². The van der Waals surface area contributed by atoms with E-state index in [-0.39, 0.29) is 5.91 Å². The van der Waals surface area contributed by atoms with Crippen LogP contribution in [0.25, 0.3) is 0 Å². The van der Waals surface area contributed by atoms with Gasteiger partial charge < -0.3 is 15.0 Å². The average molecular weight is 401 g/mol. The summed E-state index contributed by atoms with van der Waals surface area (Å²) in [4.78, 5) is 15.1. The number of fused-ring (bicyclic) bond motifs is 1. The third kappa shape index (κ3) is 3.65. The third-order valence-corrected chi connectivity index (χ3v) is 5.87. The molecule has 0 fully saturated rings. The van der Waals surface area contributed by atoms with Gasteiger partial charge in [-0.3, -0.25) is 4.79 Å². The summed E-state index contributed by atoms with van der Waals surface area (Å²) in [7, 11) is 0. The molecule has 154 valence electrons. The van der Waals surface area contributed by atoms with E-state index in [1.807, 2.05) is 66.4 Å². The first-order valence-electron chi connectivity index (χ1n) is 10.6. The second-order valence-corrected chi connectivity index (χ2v) is 7.54. The van der Waals surface area contributed by atoms with Gasteiger partial charge in [0.2, 0.25) is 0 Å². The molecule has 1 aliphatic heterocycles. The van der Waals surface area contributed by atoms with Crippen molar-refractivity contribution in [3.05, 3.63) is 95.6 Å². The number of anilines is 1. The summed E-state index contributed by atoms with van der Waals surface area (Å²) in [5, 5.41) is 3.66. The first kappa shape index (κ1) is 20.0. The Labute approximate surface area is 178 Å². The summed E-state index contributed by atoms with van der Waals surface area (Å²) in [5.74, 6) is 0.906. The predicted molar refractivity (Wildman–Crippen MR) is 121 cm³/mol. The van der Waals surface area contributed by atoms with Gasteiger partial charge in [-0.2, -0.15) is 0 Å². The number of hydrogen-bond donors (Lipinski definition) is 1. The Bertz CT molecular complexity index is 1000. The number of amides is 1. The Hall–Kier alpha value is -3.27. The van der Waals surface area contributed by atoms with Crippen LogP contribution in [-0.4, -0.2) is 24.0 Å². The summed E-state index contributed by atoms with van der Waals surface area (Å²) >= 11 is 0. The highest BCUT2D eigenvalue weighted by Gasteiger charge is 2.43. The monoisotopic (exact) mass is 400 g/mol. The van der Waals surface area contributed by atoms with Gasteiger partial charge >= 0.3 is 0 Å². The van der Waals surface area contributed by atoms with Gasteiger partial charge in [-0.05, 0) is 48.7 Å². The van der Waals surface area contributed by atoms with Crippen molar-refractivity contribution in [3.63, 3.8) is 0 Å². The maximum atomic E-state index is 13.2. The SMILES string of the molecule is CCN1C(=O)c2ccccc2NC1(CC)c1ccc(OCCc2ccccc2)cc1. The predicted octanol–water partition coefficient (Wildman–Crippen LogP) is 5.46. The average Bonchev–Trinajstić information content (AvgIpc) is 2.80. The van der Waals surface area contributed by atoms with Crippen LogP contribution in [0, 0.1) is 0 Å². The van der Waals surface area contributed by atoms with E-state index in [9.17, 15) is 4.79 Å². The summed E-state index contributed by atoms with van der Waals surface area (Å²) < 4.78 is 5.95. The molecule has 0 bridgehead atoms. The molecule has 4 nitrogen and oxygen atoms in total. The van der Waals surface area contributed by atoms with Gasteiger partial charge in [0.1, 0.15) is 11.4 Å². The Morgan fingerprint density at radius 3 is 2.30 bits per heavy atom. The van der Waals surface area contributed by atoms with Crippen LogP contribution in [0.4, 0.5) is 5.69 Å². The van der Waals surface area contributed by atoms with E-state index in [1.165, 1.54) is 5.56 Å². The van der Waals surface area contributed by atoms with Gasteiger partial charge in [-0.15, -0.1) is 0 Å². The van der Waals surface area contributed by atoms with Crippen LogP contribution in [-0.2, 0) is 12.1 Å².